The number of alkyl halides is 6. The Hall–Kier alpha value is -4.07. The lowest BCUT2D eigenvalue weighted by atomic mass is 9.98. The molecule has 1 aromatic heterocycles. The quantitative estimate of drug-likeness (QED) is 0.472. The van der Waals surface area contributed by atoms with Crippen molar-refractivity contribution >= 4 is 11.7 Å². The molecular formula is C22H14F6N4O. The van der Waals surface area contributed by atoms with Crippen LogP contribution in [0.1, 0.15) is 34.0 Å². The summed E-state index contributed by atoms with van der Waals surface area (Å²) in [5.74, 6) is 0. The van der Waals surface area contributed by atoms with E-state index in [9.17, 15) is 31.1 Å². The van der Waals surface area contributed by atoms with Gasteiger partial charge in [0, 0.05) is 11.9 Å². The van der Waals surface area contributed by atoms with Crippen LogP contribution in [0.5, 0.6) is 0 Å². The van der Waals surface area contributed by atoms with Gasteiger partial charge in [0.2, 0.25) is 0 Å². The van der Waals surface area contributed by atoms with Gasteiger partial charge in [-0.2, -0.15) is 31.6 Å². The molecule has 3 rings (SSSR count). The van der Waals surface area contributed by atoms with Gasteiger partial charge < -0.3 is 10.6 Å². The summed E-state index contributed by atoms with van der Waals surface area (Å²) in [6, 6.07) is 10.3. The lowest BCUT2D eigenvalue weighted by Gasteiger charge is -2.23. The fraction of sp³-hybridized carbons (Fsp3) is 0.136. The molecule has 1 atom stereocenters. The van der Waals surface area contributed by atoms with Crippen molar-refractivity contribution in [1.82, 2.24) is 10.3 Å². The minimum absolute atomic E-state index is 0.0396. The fourth-order valence-corrected chi connectivity index (χ4v) is 2.99. The van der Waals surface area contributed by atoms with Crippen LogP contribution in [0.3, 0.4) is 0 Å². The van der Waals surface area contributed by atoms with E-state index in [2.05, 4.69) is 15.6 Å². The number of nitrogens with zero attached hydrogens (tertiary/aromatic N) is 2. The van der Waals surface area contributed by atoms with Crippen molar-refractivity contribution in [2.24, 2.45) is 0 Å². The first-order valence-electron chi connectivity index (χ1n) is 9.26. The maximum atomic E-state index is 13.6. The summed E-state index contributed by atoms with van der Waals surface area (Å²) in [5, 5.41) is 13.6. The van der Waals surface area contributed by atoms with Gasteiger partial charge in [0.15, 0.2) is 0 Å². The number of nitriles is 1. The zero-order chi connectivity index (χ0) is 24.2. The number of carbonyl (C=O) groups excluding carboxylic acids is 1. The number of amides is 2. The van der Waals surface area contributed by atoms with Gasteiger partial charge in [-0.15, -0.1) is 0 Å². The van der Waals surface area contributed by atoms with Crippen molar-refractivity contribution in [3.8, 4) is 6.07 Å². The van der Waals surface area contributed by atoms with Gasteiger partial charge in [-0.1, -0.05) is 12.1 Å². The predicted molar refractivity (Wildman–Crippen MR) is 106 cm³/mol. The van der Waals surface area contributed by atoms with Crippen molar-refractivity contribution in [2.45, 2.75) is 18.4 Å². The summed E-state index contributed by atoms with van der Waals surface area (Å²) in [4.78, 5) is 16.3. The van der Waals surface area contributed by atoms with E-state index in [0.29, 0.717) is 17.7 Å². The van der Waals surface area contributed by atoms with E-state index in [-0.39, 0.29) is 11.3 Å². The largest absolute Gasteiger partial charge is 0.418 e. The van der Waals surface area contributed by atoms with E-state index in [1.165, 1.54) is 24.3 Å². The fourth-order valence-electron chi connectivity index (χ4n) is 2.99. The van der Waals surface area contributed by atoms with Gasteiger partial charge in [-0.05, 0) is 54.1 Å². The van der Waals surface area contributed by atoms with Gasteiger partial charge in [0.1, 0.15) is 0 Å². The third-order valence-corrected chi connectivity index (χ3v) is 4.54. The van der Waals surface area contributed by atoms with Crippen LogP contribution in [0.25, 0.3) is 0 Å². The number of anilines is 1. The first kappa shape index (κ1) is 23.6. The number of nitrogens with one attached hydrogen (secondary N) is 2. The molecule has 2 aromatic carbocycles. The van der Waals surface area contributed by atoms with Gasteiger partial charge in [0.05, 0.1) is 34.5 Å². The predicted octanol–water partition coefficient (Wildman–Crippen LogP) is 5.90. The minimum atomic E-state index is -4.82. The Kier molecular flexibility index (Phi) is 6.57. The highest BCUT2D eigenvalue weighted by Gasteiger charge is 2.37. The first-order valence-corrected chi connectivity index (χ1v) is 9.26. The van der Waals surface area contributed by atoms with Crippen LogP contribution in [0.15, 0.2) is 66.9 Å². The number of aromatic nitrogens is 1. The van der Waals surface area contributed by atoms with E-state index in [4.69, 9.17) is 5.26 Å². The van der Waals surface area contributed by atoms with Gasteiger partial charge in [0.25, 0.3) is 0 Å². The summed E-state index contributed by atoms with van der Waals surface area (Å²) in [7, 11) is 0. The number of hydrogen-bond donors (Lipinski definition) is 2. The zero-order valence-corrected chi connectivity index (χ0v) is 16.5. The van der Waals surface area contributed by atoms with Crippen LogP contribution in [0.2, 0.25) is 0 Å². The second-order valence-corrected chi connectivity index (χ2v) is 6.77. The molecule has 3 aromatic rings. The summed E-state index contributed by atoms with van der Waals surface area (Å²) in [6.07, 6.45) is -8.38. The zero-order valence-electron chi connectivity index (χ0n) is 16.5. The molecule has 1 heterocycles. The van der Waals surface area contributed by atoms with Gasteiger partial charge in [-0.25, -0.2) is 4.79 Å². The topological polar surface area (TPSA) is 77.8 Å². The maximum absolute atomic E-state index is 13.6. The van der Waals surface area contributed by atoms with Crippen LogP contribution >= 0.6 is 0 Å². The molecule has 170 valence electrons. The standard InChI is InChI=1S/C22H14F6N4O/c23-21(24,25)15-7-5-14(6-8-15)18(19-17(22(26,27)28)2-1-11-30-19)32-20(33)31-16-9-3-13(12-29)4-10-16/h1-11,18H,(H2,31,32,33)/t18-/m0/s1. The molecule has 0 saturated carbocycles. The molecule has 0 unspecified atom stereocenters. The van der Waals surface area contributed by atoms with Crippen molar-refractivity contribution < 1.29 is 31.1 Å². The van der Waals surface area contributed by atoms with E-state index >= 15 is 0 Å². The minimum Gasteiger partial charge on any atom is -0.325 e. The molecule has 0 radical (unpaired) electrons. The molecule has 0 aliphatic heterocycles. The second kappa shape index (κ2) is 9.20. The number of pyridine rings is 1. The molecule has 2 N–H and O–H groups in total. The number of urea groups is 1. The SMILES string of the molecule is N#Cc1ccc(NC(=O)N[C@@H](c2ccc(C(F)(F)F)cc2)c2ncccc2C(F)(F)F)cc1. The van der Waals surface area contributed by atoms with Crippen molar-refractivity contribution in [3.05, 3.63) is 94.8 Å². The van der Waals surface area contributed by atoms with Crippen LogP contribution in [-0.2, 0) is 12.4 Å². The van der Waals surface area contributed by atoms with E-state index in [1.807, 2.05) is 6.07 Å². The molecule has 0 aliphatic rings. The molecule has 0 aliphatic carbocycles. The lowest BCUT2D eigenvalue weighted by Crippen LogP contribution is -2.35. The Morgan fingerprint density at radius 2 is 1.55 bits per heavy atom. The highest BCUT2D eigenvalue weighted by molar-refractivity contribution is 5.89. The normalized spacial score (nSPS) is 12.5. The number of halogens is 6. The van der Waals surface area contributed by atoms with Crippen molar-refractivity contribution in [1.29, 1.82) is 5.26 Å². The average molecular weight is 464 g/mol. The Morgan fingerprint density at radius 3 is 2.09 bits per heavy atom. The van der Waals surface area contributed by atoms with Crippen LogP contribution < -0.4 is 10.6 Å². The molecule has 0 saturated heterocycles. The van der Waals surface area contributed by atoms with E-state index in [0.717, 1.165) is 30.5 Å². The Labute approximate surface area is 183 Å². The highest BCUT2D eigenvalue weighted by Crippen LogP contribution is 2.36. The number of rotatable bonds is 4. The molecule has 5 nitrogen and oxygen atoms in total. The van der Waals surface area contributed by atoms with Crippen molar-refractivity contribution in [3.63, 3.8) is 0 Å². The van der Waals surface area contributed by atoms with Crippen LogP contribution in [0, 0.1) is 11.3 Å². The molecular weight excluding hydrogens is 450 g/mol. The molecule has 0 fully saturated rings. The summed E-state index contributed by atoms with van der Waals surface area (Å²) in [5.41, 5.74) is -2.19. The number of benzene rings is 2. The van der Waals surface area contributed by atoms with E-state index in [1.54, 1.807) is 0 Å². The molecule has 2 amide bonds. The monoisotopic (exact) mass is 464 g/mol. The summed E-state index contributed by atoms with van der Waals surface area (Å²) in [6.45, 7) is 0. The lowest BCUT2D eigenvalue weighted by molar-refractivity contribution is -0.139. The van der Waals surface area contributed by atoms with Crippen molar-refractivity contribution in [2.75, 3.05) is 5.32 Å². The number of carbonyl (C=O) groups is 1. The molecule has 0 bridgehead atoms. The third kappa shape index (κ3) is 5.79. The highest BCUT2D eigenvalue weighted by atomic mass is 19.4. The van der Waals surface area contributed by atoms with Crippen LogP contribution in [0.4, 0.5) is 36.8 Å². The van der Waals surface area contributed by atoms with Gasteiger partial charge >= 0.3 is 18.4 Å². The number of hydrogen-bond acceptors (Lipinski definition) is 3. The van der Waals surface area contributed by atoms with E-state index < -0.39 is 41.2 Å². The summed E-state index contributed by atoms with van der Waals surface area (Å²) < 4.78 is 79.4. The Morgan fingerprint density at radius 1 is 0.909 bits per heavy atom. The Balaban J connectivity index is 1.97. The average Bonchev–Trinajstić information content (AvgIpc) is 2.77. The molecule has 0 spiro atoms. The second-order valence-electron chi connectivity index (χ2n) is 6.77. The smallest absolute Gasteiger partial charge is 0.325 e. The first-order chi connectivity index (χ1) is 15.5. The molecule has 11 heteroatoms. The van der Waals surface area contributed by atoms with Gasteiger partial charge in [-0.3, -0.25) is 4.98 Å². The Bertz CT molecular complexity index is 1170. The summed E-state index contributed by atoms with van der Waals surface area (Å²) >= 11 is 0. The van der Waals surface area contributed by atoms with Crippen LogP contribution in [-0.4, -0.2) is 11.0 Å². The maximum Gasteiger partial charge on any atom is 0.418 e. The molecule has 33 heavy (non-hydrogen) atoms. The third-order valence-electron chi connectivity index (χ3n) is 4.54.